The second-order valence-corrected chi connectivity index (χ2v) is 8.54. The first-order valence-corrected chi connectivity index (χ1v) is 10.6. The Bertz CT molecular complexity index is 916. The minimum Gasteiger partial charge on any atom is -0.466 e. The Balaban J connectivity index is 1.68. The molecule has 1 amide bonds. The summed E-state index contributed by atoms with van der Waals surface area (Å²) in [6.45, 7) is 9.01. The zero-order chi connectivity index (χ0) is 21.3. The normalized spacial score (nSPS) is 19.0. The van der Waals surface area contributed by atoms with Gasteiger partial charge in [0.15, 0.2) is 6.61 Å². The highest BCUT2D eigenvalue weighted by atomic mass is 32.2. The maximum absolute atomic E-state index is 12.7. The minimum atomic E-state index is -0.747. The fourth-order valence-electron chi connectivity index (χ4n) is 3.89. The first-order valence-electron chi connectivity index (χ1n) is 9.54. The van der Waals surface area contributed by atoms with Crippen LogP contribution in [0.3, 0.4) is 0 Å². The Kier molecular flexibility index (Phi) is 6.21. The maximum Gasteiger partial charge on any atom is 0.330 e. The highest BCUT2D eigenvalue weighted by Gasteiger charge is 2.43. The van der Waals surface area contributed by atoms with E-state index in [1.807, 2.05) is 19.9 Å². The monoisotopic (exact) mass is 418 g/mol. The van der Waals surface area contributed by atoms with E-state index in [-0.39, 0.29) is 29.7 Å². The number of furan rings is 1. The van der Waals surface area contributed by atoms with Crippen molar-refractivity contribution in [2.75, 3.05) is 12.4 Å². The number of aromatic nitrogens is 1. The molecule has 0 N–H and O–H groups in total. The van der Waals surface area contributed by atoms with Crippen molar-refractivity contribution in [3.05, 3.63) is 47.2 Å². The summed E-state index contributed by atoms with van der Waals surface area (Å²) < 4.78 is 12.8. The van der Waals surface area contributed by atoms with Gasteiger partial charge in [-0.2, -0.15) is 0 Å². The van der Waals surface area contributed by atoms with Gasteiger partial charge in [0.2, 0.25) is 11.7 Å². The summed E-state index contributed by atoms with van der Waals surface area (Å²) in [5, 5.41) is -0.374. The number of esters is 1. The molecule has 7 nitrogen and oxygen atoms in total. The average Bonchev–Trinajstić information content (AvgIpc) is 3.37. The Morgan fingerprint density at radius 3 is 2.59 bits per heavy atom. The molecule has 0 spiro atoms. The smallest absolute Gasteiger partial charge is 0.330 e. The summed E-state index contributed by atoms with van der Waals surface area (Å²) in [4.78, 5) is 38.9. The summed E-state index contributed by atoms with van der Waals surface area (Å²) in [5.41, 5.74) is 2.41. The van der Waals surface area contributed by atoms with Crippen molar-refractivity contribution < 1.29 is 23.5 Å². The van der Waals surface area contributed by atoms with Crippen molar-refractivity contribution in [3.8, 4) is 0 Å². The number of amides is 1. The van der Waals surface area contributed by atoms with E-state index in [1.165, 1.54) is 29.8 Å². The molecular weight excluding hydrogens is 392 g/mol. The molecule has 0 aromatic carbocycles. The van der Waals surface area contributed by atoms with Crippen molar-refractivity contribution in [2.24, 2.45) is 0 Å². The number of carbonyl (C=O) groups is 3. The third kappa shape index (κ3) is 4.12. The van der Waals surface area contributed by atoms with Crippen LogP contribution in [0.4, 0.5) is 0 Å². The van der Waals surface area contributed by atoms with Gasteiger partial charge in [-0.3, -0.25) is 9.59 Å². The van der Waals surface area contributed by atoms with E-state index in [0.717, 1.165) is 11.4 Å². The van der Waals surface area contributed by atoms with Crippen LogP contribution in [-0.4, -0.2) is 45.5 Å². The lowest BCUT2D eigenvalue weighted by Gasteiger charge is -2.25. The SMILES string of the molecule is CC(=O)N1[C@@H](C(=O)OCC(=O)c2cc(C)n(C(C)C)c2C)CS[C@H]1c1ccco1. The third-order valence-electron chi connectivity index (χ3n) is 5.07. The van der Waals surface area contributed by atoms with E-state index in [9.17, 15) is 14.4 Å². The summed E-state index contributed by atoms with van der Waals surface area (Å²) in [6.07, 6.45) is 1.53. The Morgan fingerprint density at radius 1 is 1.31 bits per heavy atom. The standard InChI is InChI=1S/C21H26N2O5S/c1-12(2)22-13(3)9-16(14(22)4)18(25)10-28-21(26)17-11-29-20(23(17)15(5)24)19-7-6-8-27-19/h6-9,12,17,20H,10-11H2,1-5H3/t17-,20+/m1/s1. The number of aryl methyl sites for hydroxylation is 1. The number of thioether (sulfide) groups is 1. The topological polar surface area (TPSA) is 81.8 Å². The number of ketones is 1. The second-order valence-electron chi connectivity index (χ2n) is 7.42. The number of hydrogen-bond donors (Lipinski definition) is 0. The Hall–Kier alpha value is -2.48. The molecule has 1 fully saturated rings. The largest absolute Gasteiger partial charge is 0.466 e. The van der Waals surface area contributed by atoms with Crippen LogP contribution in [0.1, 0.15) is 59.7 Å². The van der Waals surface area contributed by atoms with Crippen LogP contribution in [0.5, 0.6) is 0 Å². The van der Waals surface area contributed by atoms with Gasteiger partial charge in [-0.25, -0.2) is 4.79 Å². The number of hydrogen-bond acceptors (Lipinski definition) is 6. The van der Waals surface area contributed by atoms with Gasteiger partial charge in [0.1, 0.15) is 17.2 Å². The predicted molar refractivity (Wildman–Crippen MR) is 110 cm³/mol. The molecule has 0 aliphatic carbocycles. The van der Waals surface area contributed by atoms with Crippen LogP contribution in [-0.2, 0) is 14.3 Å². The molecular formula is C21H26N2O5S. The van der Waals surface area contributed by atoms with Gasteiger partial charge in [0.05, 0.1) is 6.26 Å². The molecule has 0 bridgehead atoms. The van der Waals surface area contributed by atoms with Crippen molar-refractivity contribution in [1.29, 1.82) is 0 Å². The Labute approximate surface area is 174 Å². The number of rotatable bonds is 6. The minimum absolute atomic E-state index is 0.234. The molecule has 0 saturated carbocycles. The predicted octanol–water partition coefficient (Wildman–Crippen LogP) is 3.67. The first kappa shape index (κ1) is 21.2. The van der Waals surface area contributed by atoms with Gasteiger partial charge in [-0.1, -0.05) is 0 Å². The number of ether oxygens (including phenoxy) is 1. The first-order chi connectivity index (χ1) is 13.7. The van der Waals surface area contributed by atoms with Crippen LogP contribution in [0, 0.1) is 13.8 Å². The van der Waals surface area contributed by atoms with E-state index >= 15 is 0 Å². The van der Waals surface area contributed by atoms with Crippen LogP contribution < -0.4 is 0 Å². The van der Waals surface area contributed by atoms with Gasteiger partial charge >= 0.3 is 5.97 Å². The quantitative estimate of drug-likeness (QED) is 0.526. The number of nitrogens with zero attached hydrogens (tertiary/aromatic N) is 2. The van der Waals surface area contributed by atoms with Crippen molar-refractivity contribution >= 4 is 29.4 Å². The van der Waals surface area contributed by atoms with E-state index in [2.05, 4.69) is 18.4 Å². The van der Waals surface area contributed by atoms with Crippen LogP contribution in [0.15, 0.2) is 28.9 Å². The lowest BCUT2D eigenvalue weighted by atomic mass is 10.1. The highest BCUT2D eigenvalue weighted by Crippen LogP contribution is 2.41. The van der Waals surface area contributed by atoms with E-state index in [4.69, 9.17) is 9.15 Å². The molecule has 0 radical (unpaired) electrons. The van der Waals surface area contributed by atoms with Crippen molar-refractivity contribution in [1.82, 2.24) is 9.47 Å². The lowest BCUT2D eigenvalue weighted by Crippen LogP contribution is -2.43. The fourth-order valence-corrected chi connectivity index (χ4v) is 5.30. The number of carbonyl (C=O) groups excluding carboxylic acids is 3. The fraction of sp³-hybridized carbons (Fsp3) is 0.476. The molecule has 2 atom stereocenters. The molecule has 2 aromatic rings. The highest BCUT2D eigenvalue weighted by molar-refractivity contribution is 7.99. The van der Waals surface area contributed by atoms with Gasteiger partial charge in [-0.05, 0) is 45.9 Å². The van der Waals surface area contributed by atoms with Gasteiger partial charge in [0, 0.05) is 35.7 Å². The molecule has 0 unspecified atom stereocenters. The molecule has 156 valence electrons. The van der Waals surface area contributed by atoms with Crippen LogP contribution in [0.25, 0.3) is 0 Å². The summed E-state index contributed by atoms with van der Waals surface area (Å²) in [6, 6.07) is 4.83. The maximum atomic E-state index is 12.7. The molecule has 1 saturated heterocycles. The Morgan fingerprint density at radius 2 is 2.03 bits per heavy atom. The lowest BCUT2D eigenvalue weighted by molar-refractivity contribution is -0.152. The number of Topliss-reactive ketones (excluding diaryl/α,β-unsaturated/α-hetero) is 1. The molecule has 3 heterocycles. The molecule has 29 heavy (non-hydrogen) atoms. The van der Waals surface area contributed by atoms with Crippen LogP contribution in [0.2, 0.25) is 0 Å². The van der Waals surface area contributed by atoms with Gasteiger partial charge in [0.25, 0.3) is 0 Å². The zero-order valence-electron chi connectivity index (χ0n) is 17.3. The van der Waals surface area contributed by atoms with E-state index in [0.29, 0.717) is 17.1 Å². The van der Waals surface area contributed by atoms with Gasteiger partial charge in [-0.15, -0.1) is 11.8 Å². The molecule has 8 heteroatoms. The molecule has 3 rings (SSSR count). The van der Waals surface area contributed by atoms with Crippen LogP contribution >= 0.6 is 11.8 Å². The molecule has 2 aromatic heterocycles. The second kappa shape index (κ2) is 8.49. The summed E-state index contributed by atoms with van der Waals surface area (Å²) in [5.74, 6) is -0.0728. The van der Waals surface area contributed by atoms with Gasteiger partial charge < -0.3 is 18.6 Å². The summed E-state index contributed by atoms with van der Waals surface area (Å²) in [7, 11) is 0. The third-order valence-corrected chi connectivity index (χ3v) is 6.35. The van der Waals surface area contributed by atoms with Crippen molar-refractivity contribution in [2.45, 2.75) is 52.1 Å². The molecule has 1 aliphatic rings. The van der Waals surface area contributed by atoms with E-state index < -0.39 is 12.0 Å². The van der Waals surface area contributed by atoms with E-state index in [1.54, 1.807) is 12.1 Å². The zero-order valence-corrected chi connectivity index (χ0v) is 18.1. The average molecular weight is 419 g/mol. The van der Waals surface area contributed by atoms with Crippen molar-refractivity contribution in [3.63, 3.8) is 0 Å². The molecule has 1 aliphatic heterocycles. The summed E-state index contributed by atoms with van der Waals surface area (Å²) >= 11 is 1.44.